The van der Waals surface area contributed by atoms with Crippen molar-refractivity contribution in [1.82, 2.24) is 30.0 Å². The summed E-state index contributed by atoms with van der Waals surface area (Å²) in [5.74, 6) is -0.246. The zero-order chi connectivity index (χ0) is 23.1. The van der Waals surface area contributed by atoms with Gasteiger partial charge in [-0.15, -0.1) is 0 Å². The number of aryl methyl sites for hydroxylation is 1. The van der Waals surface area contributed by atoms with Crippen LogP contribution in [0.3, 0.4) is 0 Å². The Bertz CT molecular complexity index is 1180. The van der Waals surface area contributed by atoms with Gasteiger partial charge in [-0.1, -0.05) is 0 Å². The van der Waals surface area contributed by atoms with E-state index in [9.17, 15) is 14.7 Å². The van der Waals surface area contributed by atoms with Gasteiger partial charge in [-0.25, -0.2) is 9.97 Å². The Labute approximate surface area is 190 Å². The van der Waals surface area contributed by atoms with Crippen LogP contribution in [0.4, 0.5) is 5.82 Å². The van der Waals surface area contributed by atoms with Crippen LogP contribution < -0.4 is 10.6 Å². The Morgan fingerprint density at radius 3 is 2.42 bits per heavy atom. The van der Waals surface area contributed by atoms with E-state index in [4.69, 9.17) is 0 Å². The van der Waals surface area contributed by atoms with Crippen LogP contribution >= 0.6 is 0 Å². The van der Waals surface area contributed by atoms with Gasteiger partial charge in [-0.2, -0.15) is 5.10 Å². The van der Waals surface area contributed by atoms with Crippen LogP contribution in [0.15, 0.2) is 30.9 Å². The fraction of sp³-hybridized carbons (Fsp3) is 0.478. The number of amides is 1. The molecule has 6 rings (SSSR count). The summed E-state index contributed by atoms with van der Waals surface area (Å²) in [4.78, 5) is 37.4. The predicted molar refractivity (Wildman–Crippen MR) is 120 cm³/mol. The van der Waals surface area contributed by atoms with Crippen molar-refractivity contribution in [2.45, 2.75) is 45.1 Å². The average Bonchev–Trinajstić information content (AvgIpc) is 3.18. The lowest BCUT2D eigenvalue weighted by Crippen LogP contribution is -2.50. The minimum Gasteiger partial charge on any atom is -0.481 e. The van der Waals surface area contributed by atoms with Gasteiger partial charge in [-0.05, 0) is 61.6 Å². The van der Waals surface area contributed by atoms with E-state index >= 15 is 0 Å². The van der Waals surface area contributed by atoms with Gasteiger partial charge in [0.2, 0.25) is 0 Å². The summed E-state index contributed by atoms with van der Waals surface area (Å²) in [7, 11) is 1.80. The van der Waals surface area contributed by atoms with Crippen molar-refractivity contribution >= 4 is 28.7 Å². The van der Waals surface area contributed by atoms with Crippen molar-refractivity contribution in [2.75, 3.05) is 11.9 Å². The van der Waals surface area contributed by atoms with Gasteiger partial charge in [0.25, 0.3) is 5.91 Å². The molecule has 0 unspecified atom stereocenters. The number of nitrogens with zero attached hydrogens (tertiary/aromatic N) is 5. The van der Waals surface area contributed by atoms with Crippen LogP contribution in [0.1, 0.15) is 54.6 Å². The molecule has 3 aliphatic rings. The highest BCUT2D eigenvalue weighted by atomic mass is 16.4. The number of nitrogens with one attached hydrogen (secondary N) is 2. The SMILES string of the molecule is Cn1nc2c(C(=O)NCC34CCC(C(=O)O)(CC3)CC4)ncnc2c1NCc1ccncc1. The van der Waals surface area contributed by atoms with Crippen molar-refractivity contribution in [1.29, 1.82) is 0 Å². The first-order valence-electron chi connectivity index (χ1n) is 11.2. The van der Waals surface area contributed by atoms with Crippen molar-refractivity contribution in [2.24, 2.45) is 17.9 Å². The number of aliphatic carboxylic acids is 1. The molecule has 10 heteroatoms. The smallest absolute Gasteiger partial charge is 0.309 e. The first-order chi connectivity index (χ1) is 15.9. The third-order valence-electron chi connectivity index (χ3n) is 7.52. The minimum absolute atomic E-state index is 0.0274. The fourth-order valence-corrected chi connectivity index (χ4v) is 5.25. The van der Waals surface area contributed by atoms with Crippen LogP contribution in [-0.2, 0) is 18.4 Å². The molecular formula is C23H27N7O3. The van der Waals surface area contributed by atoms with Crippen molar-refractivity contribution in [3.8, 4) is 0 Å². The van der Waals surface area contributed by atoms with E-state index in [0.717, 1.165) is 24.8 Å². The molecule has 10 nitrogen and oxygen atoms in total. The normalized spacial score (nSPS) is 24.0. The van der Waals surface area contributed by atoms with E-state index in [2.05, 4.69) is 30.7 Å². The zero-order valence-corrected chi connectivity index (χ0v) is 18.5. The van der Waals surface area contributed by atoms with Crippen LogP contribution in [0.5, 0.6) is 0 Å². The standard InChI is InChI=1S/C23H27N7O3/c1-30-19(25-12-15-2-10-24-11-3-15)17-16(29-30)18(28-14-27-17)20(31)26-13-22-4-7-23(8-5-22,9-6-22)21(32)33/h2-3,10-11,14,25H,4-9,12-13H2,1H3,(H,26,31)(H,32,33). The minimum atomic E-state index is -0.674. The van der Waals surface area contributed by atoms with Crippen LogP contribution in [0.25, 0.3) is 11.0 Å². The van der Waals surface area contributed by atoms with Gasteiger partial charge < -0.3 is 15.7 Å². The van der Waals surface area contributed by atoms with Crippen LogP contribution in [0.2, 0.25) is 0 Å². The first-order valence-corrected chi connectivity index (χ1v) is 11.2. The molecular weight excluding hydrogens is 422 g/mol. The third-order valence-corrected chi connectivity index (χ3v) is 7.52. The lowest BCUT2D eigenvalue weighted by molar-refractivity contribution is -0.158. The number of aromatic nitrogens is 5. The number of carboxylic acid groups (broad SMARTS) is 1. The molecule has 0 aromatic carbocycles. The van der Waals surface area contributed by atoms with E-state index in [-0.39, 0.29) is 17.0 Å². The first kappa shape index (κ1) is 21.3. The maximum absolute atomic E-state index is 13.1. The molecule has 3 aromatic rings. The van der Waals surface area contributed by atoms with Gasteiger partial charge in [0.1, 0.15) is 17.4 Å². The summed E-state index contributed by atoms with van der Waals surface area (Å²) in [6.07, 6.45) is 9.39. The molecule has 3 fully saturated rings. The number of anilines is 1. The number of carboxylic acids is 1. The maximum atomic E-state index is 13.1. The van der Waals surface area contributed by atoms with Gasteiger partial charge >= 0.3 is 5.97 Å². The molecule has 3 N–H and O–H groups in total. The number of hydrogen-bond acceptors (Lipinski definition) is 7. The Morgan fingerprint density at radius 2 is 1.76 bits per heavy atom. The second kappa shape index (κ2) is 8.09. The van der Waals surface area contributed by atoms with E-state index in [0.29, 0.717) is 49.2 Å². The number of pyridine rings is 1. The molecule has 0 atom stereocenters. The molecule has 3 aromatic heterocycles. The van der Waals surface area contributed by atoms with E-state index < -0.39 is 11.4 Å². The Kier molecular flexibility index (Phi) is 5.22. The maximum Gasteiger partial charge on any atom is 0.309 e. The van der Waals surface area contributed by atoms with Gasteiger partial charge in [0.05, 0.1) is 5.41 Å². The highest BCUT2D eigenvalue weighted by Gasteiger charge is 2.52. The topological polar surface area (TPSA) is 135 Å². The highest BCUT2D eigenvalue weighted by molar-refractivity contribution is 6.04. The Morgan fingerprint density at radius 1 is 1.06 bits per heavy atom. The molecule has 2 bridgehead atoms. The average molecular weight is 450 g/mol. The number of hydrogen-bond donors (Lipinski definition) is 3. The predicted octanol–water partition coefficient (Wildman–Crippen LogP) is 2.53. The van der Waals surface area contributed by atoms with Gasteiger partial charge in [-0.3, -0.25) is 19.3 Å². The van der Waals surface area contributed by atoms with Gasteiger partial charge in [0, 0.05) is 32.5 Å². The van der Waals surface area contributed by atoms with Gasteiger partial charge in [0.15, 0.2) is 11.5 Å². The summed E-state index contributed by atoms with van der Waals surface area (Å²) >= 11 is 0. The van der Waals surface area contributed by atoms with E-state index in [1.807, 2.05) is 12.1 Å². The van der Waals surface area contributed by atoms with Crippen molar-refractivity contribution < 1.29 is 14.7 Å². The molecule has 0 aliphatic heterocycles. The van der Waals surface area contributed by atoms with E-state index in [1.165, 1.54) is 6.33 Å². The van der Waals surface area contributed by atoms with Crippen molar-refractivity contribution in [3.63, 3.8) is 0 Å². The summed E-state index contributed by atoms with van der Waals surface area (Å²) in [6.45, 7) is 1.09. The number of carbonyl (C=O) groups is 2. The summed E-state index contributed by atoms with van der Waals surface area (Å²) < 4.78 is 1.67. The third kappa shape index (κ3) is 3.79. The Hall–Kier alpha value is -3.56. The molecule has 1 amide bonds. The lowest BCUT2D eigenvalue weighted by Gasteiger charge is -2.51. The summed E-state index contributed by atoms with van der Waals surface area (Å²) in [5.41, 5.74) is 1.77. The molecule has 0 spiro atoms. The van der Waals surface area contributed by atoms with E-state index in [1.54, 1.807) is 24.1 Å². The molecule has 3 saturated carbocycles. The number of fused-ring (bicyclic) bond motifs is 4. The van der Waals surface area contributed by atoms with Crippen molar-refractivity contribution in [3.05, 3.63) is 42.1 Å². The highest BCUT2D eigenvalue weighted by Crippen LogP contribution is 2.56. The second-order valence-electron chi connectivity index (χ2n) is 9.37. The quantitative estimate of drug-likeness (QED) is 0.501. The Balaban J connectivity index is 1.30. The molecule has 172 valence electrons. The number of rotatable bonds is 7. The zero-order valence-electron chi connectivity index (χ0n) is 18.5. The monoisotopic (exact) mass is 449 g/mol. The molecule has 33 heavy (non-hydrogen) atoms. The number of carbonyl (C=O) groups excluding carboxylic acids is 1. The fourth-order valence-electron chi connectivity index (χ4n) is 5.25. The molecule has 0 saturated heterocycles. The lowest BCUT2D eigenvalue weighted by atomic mass is 9.53. The summed E-state index contributed by atoms with van der Waals surface area (Å²) in [5, 5.41) is 20.5. The van der Waals surface area contributed by atoms with Crippen LogP contribution in [0, 0.1) is 10.8 Å². The summed E-state index contributed by atoms with van der Waals surface area (Å²) in [6, 6.07) is 3.85. The molecule has 3 heterocycles. The molecule has 0 radical (unpaired) electrons. The second-order valence-corrected chi connectivity index (χ2v) is 9.37. The largest absolute Gasteiger partial charge is 0.481 e. The van der Waals surface area contributed by atoms with Crippen LogP contribution in [-0.4, -0.2) is 48.3 Å². The molecule has 3 aliphatic carbocycles.